The standard InChI is InChI=1S/C14H19ClN2OS/c1-9(17(2)10-3-4-10)8-16-14(18)12-7-11(19)5-6-13(12)15/h5-7,9-10,19H,3-4,8H2,1-2H3,(H,16,18). The van der Waals surface area contributed by atoms with Gasteiger partial charge in [-0.05, 0) is 45.0 Å². The van der Waals surface area contributed by atoms with Crippen LogP contribution in [0.2, 0.25) is 5.02 Å². The summed E-state index contributed by atoms with van der Waals surface area (Å²) in [6, 6.07) is 6.17. The van der Waals surface area contributed by atoms with Crippen LogP contribution in [0.5, 0.6) is 0 Å². The van der Waals surface area contributed by atoms with Crippen molar-refractivity contribution in [1.29, 1.82) is 0 Å². The lowest BCUT2D eigenvalue weighted by Crippen LogP contribution is -2.41. The molecule has 1 aliphatic carbocycles. The van der Waals surface area contributed by atoms with Crippen LogP contribution in [0.15, 0.2) is 23.1 Å². The molecule has 0 aromatic heterocycles. The van der Waals surface area contributed by atoms with Crippen LogP contribution in [0.1, 0.15) is 30.1 Å². The third-order valence-corrected chi connectivity index (χ3v) is 4.18. The first-order chi connectivity index (χ1) is 8.99. The molecule has 1 saturated carbocycles. The van der Waals surface area contributed by atoms with Gasteiger partial charge in [-0.15, -0.1) is 12.6 Å². The number of nitrogens with one attached hydrogen (secondary N) is 1. The van der Waals surface area contributed by atoms with Crippen LogP contribution < -0.4 is 5.32 Å². The first-order valence-corrected chi connectivity index (χ1v) is 7.30. The number of thiol groups is 1. The van der Waals surface area contributed by atoms with Crippen LogP contribution in [0, 0.1) is 0 Å². The van der Waals surface area contributed by atoms with Crippen LogP contribution >= 0.6 is 24.2 Å². The van der Waals surface area contributed by atoms with E-state index in [-0.39, 0.29) is 5.91 Å². The number of nitrogens with zero attached hydrogens (tertiary/aromatic N) is 1. The number of benzene rings is 1. The molecule has 1 fully saturated rings. The van der Waals surface area contributed by atoms with Gasteiger partial charge in [-0.2, -0.15) is 0 Å². The molecular formula is C14H19ClN2OS. The van der Waals surface area contributed by atoms with Crippen molar-refractivity contribution in [2.75, 3.05) is 13.6 Å². The third kappa shape index (κ3) is 3.88. The predicted molar refractivity (Wildman–Crippen MR) is 81.3 cm³/mol. The Morgan fingerprint density at radius 1 is 1.58 bits per heavy atom. The van der Waals surface area contributed by atoms with Crippen molar-refractivity contribution in [3.8, 4) is 0 Å². The average molecular weight is 299 g/mol. The topological polar surface area (TPSA) is 32.3 Å². The molecular weight excluding hydrogens is 280 g/mol. The van der Waals surface area contributed by atoms with Gasteiger partial charge in [0.05, 0.1) is 10.6 Å². The second-order valence-electron chi connectivity index (χ2n) is 5.12. The molecule has 1 aliphatic rings. The summed E-state index contributed by atoms with van der Waals surface area (Å²) in [6.07, 6.45) is 2.53. The highest BCUT2D eigenvalue weighted by Crippen LogP contribution is 2.26. The van der Waals surface area contributed by atoms with Gasteiger partial charge in [0, 0.05) is 23.5 Å². The normalized spacial score (nSPS) is 16.5. The molecule has 0 saturated heterocycles. The maximum atomic E-state index is 12.1. The summed E-state index contributed by atoms with van der Waals surface area (Å²) in [4.78, 5) is 15.1. The lowest BCUT2D eigenvalue weighted by Gasteiger charge is -2.24. The molecule has 3 nitrogen and oxygen atoms in total. The van der Waals surface area contributed by atoms with Crippen LogP contribution in [0.4, 0.5) is 0 Å². The lowest BCUT2D eigenvalue weighted by atomic mass is 10.2. The van der Waals surface area contributed by atoms with Gasteiger partial charge in [0.2, 0.25) is 0 Å². The van der Waals surface area contributed by atoms with Gasteiger partial charge in [0.15, 0.2) is 0 Å². The number of hydrogen-bond acceptors (Lipinski definition) is 3. The van der Waals surface area contributed by atoms with Crippen molar-refractivity contribution in [3.05, 3.63) is 28.8 Å². The maximum Gasteiger partial charge on any atom is 0.252 e. The van der Waals surface area contributed by atoms with E-state index in [9.17, 15) is 4.79 Å². The number of rotatable bonds is 5. The smallest absolute Gasteiger partial charge is 0.252 e. The molecule has 2 rings (SSSR count). The Kier molecular flexibility index (Phi) is 4.76. The minimum Gasteiger partial charge on any atom is -0.350 e. The van der Waals surface area contributed by atoms with E-state index < -0.39 is 0 Å². The number of carbonyl (C=O) groups excluding carboxylic acids is 1. The van der Waals surface area contributed by atoms with E-state index in [4.69, 9.17) is 11.6 Å². The molecule has 1 atom stereocenters. The molecule has 1 unspecified atom stereocenters. The molecule has 0 radical (unpaired) electrons. The summed E-state index contributed by atoms with van der Waals surface area (Å²) in [6.45, 7) is 2.74. The summed E-state index contributed by atoms with van der Waals surface area (Å²) in [5.74, 6) is -0.142. The second kappa shape index (κ2) is 6.16. The second-order valence-corrected chi connectivity index (χ2v) is 6.04. The number of hydrogen-bond donors (Lipinski definition) is 2. The number of carbonyl (C=O) groups is 1. The SMILES string of the molecule is CC(CNC(=O)c1cc(S)ccc1Cl)N(C)C1CC1. The van der Waals surface area contributed by atoms with E-state index in [0.29, 0.717) is 29.2 Å². The predicted octanol–water partition coefficient (Wildman–Crippen LogP) is 2.84. The zero-order valence-corrected chi connectivity index (χ0v) is 12.8. The Labute approximate surface area is 124 Å². The van der Waals surface area contributed by atoms with Crippen molar-refractivity contribution in [2.45, 2.75) is 36.7 Å². The van der Waals surface area contributed by atoms with Gasteiger partial charge in [0.1, 0.15) is 0 Å². The molecule has 19 heavy (non-hydrogen) atoms. The van der Waals surface area contributed by atoms with E-state index in [1.165, 1.54) is 12.8 Å². The number of likely N-dealkylation sites (N-methyl/N-ethyl adjacent to an activating group) is 1. The highest BCUT2D eigenvalue weighted by molar-refractivity contribution is 7.80. The largest absolute Gasteiger partial charge is 0.350 e. The highest BCUT2D eigenvalue weighted by atomic mass is 35.5. The summed E-state index contributed by atoms with van der Waals surface area (Å²) in [7, 11) is 2.11. The van der Waals surface area contributed by atoms with Crippen molar-refractivity contribution in [3.63, 3.8) is 0 Å². The minimum atomic E-state index is -0.142. The van der Waals surface area contributed by atoms with Crippen molar-refractivity contribution < 1.29 is 4.79 Å². The Bertz CT molecular complexity index is 477. The summed E-state index contributed by atoms with van der Waals surface area (Å²) >= 11 is 10.2. The fourth-order valence-electron chi connectivity index (χ4n) is 2.01. The molecule has 0 bridgehead atoms. The van der Waals surface area contributed by atoms with E-state index in [0.717, 1.165) is 4.90 Å². The molecule has 104 valence electrons. The molecule has 0 aliphatic heterocycles. The fourth-order valence-corrected chi connectivity index (χ4v) is 2.42. The van der Waals surface area contributed by atoms with Gasteiger partial charge >= 0.3 is 0 Å². The van der Waals surface area contributed by atoms with Crippen molar-refractivity contribution in [1.82, 2.24) is 10.2 Å². The third-order valence-electron chi connectivity index (χ3n) is 3.57. The van der Waals surface area contributed by atoms with Gasteiger partial charge in [-0.1, -0.05) is 11.6 Å². The number of halogens is 1. The number of amides is 1. The monoisotopic (exact) mass is 298 g/mol. The summed E-state index contributed by atoms with van der Waals surface area (Å²) < 4.78 is 0. The van der Waals surface area contributed by atoms with E-state index in [1.807, 2.05) is 0 Å². The summed E-state index contributed by atoms with van der Waals surface area (Å²) in [5.41, 5.74) is 0.482. The van der Waals surface area contributed by atoms with Gasteiger partial charge in [-0.3, -0.25) is 9.69 Å². The molecule has 1 aromatic rings. The first-order valence-electron chi connectivity index (χ1n) is 6.47. The van der Waals surface area contributed by atoms with Crippen LogP contribution in [-0.2, 0) is 0 Å². The zero-order chi connectivity index (χ0) is 14.0. The Hall–Kier alpha value is -0.710. The zero-order valence-electron chi connectivity index (χ0n) is 11.2. The Morgan fingerprint density at radius 3 is 2.89 bits per heavy atom. The quantitative estimate of drug-likeness (QED) is 0.819. The lowest BCUT2D eigenvalue weighted by molar-refractivity contribution is 0.0939. The van der Waals surface area contributed by atoms with Gasteiger partial charge in [0.25, 0.3) is 5.91 Å². The highest BCUT2D eigenvalue weighted by Gasteiger charge is 2.29. The minimum absolute atomic E-state index is 0.142. The van der Waals surface area contributed by atoms with E-state index in [2.05, 4.69) is 36.8 Å². The average Bonchev–Trinajstić information content (AvgIpc) is 3.21. The van der Waals surface area contributed by atoms with Crippen molar-refractivity contribution in [2.24, 2.45) is 0 Å². The van der Waals surface area contributed by atoms with Gasteiger partial charge < -0.3 is 5.32 Å². The Balaban J connectivity index is 1.91. The molecule has 1 N–H and O–H groups in total. The maximum absolute atomic E-state index is 12.1. The molecule has 5 heteroatoms. The fraction of sp³-hybridized carbons (Fsp3) is 0.500. The molecule has 1 aromatic carbocycles. The van der Waals surface area contributed by atoms with E-state index >= 15 is 0 Å². The van der Waals surface area contributed by atoms with Crippen LogP contribution in [-0.4, -0.2) is 36.5 Å². The van der Waals surface area contributed by atoms with Crippen LogP contribution in [0.25, 0.3) is 0 Å². The van der Waals surface area contributed by atoms with Crippen LogP contribution in [0.3, 0.4) is 0 Å². The summed E-state index contributed by atoms with van der Waals surface area (Å²) in [5, 5.41) is 3.39. The molecule has 0 spiro atoms. The van der Waals surface area contributed by atoms with E-state index in [1.54, 1.807) is 18.2 Å². The Morgan fingerprint density at radius 2 is 2.26 bits per heavy atom. The molecule has 0 heterocycles. The first kappa shape index (κ1) is 14.7. The van der Waals surface area contributed by atoms with Crippen molar-refractivity contribution >= 4 is 30.1 Å². The molecule has 1 amide bonds. The van der Waals surface area contributed by atoms with Gasteiger partial charge in [-0.25, -0.2) is 0 Å².